The highest BCUT2D eigenvalue weighted by molar-refractivity contribution is 5.41. The third-order valence-electron chi connectivity index (χ3n) is 2.74. The highest BCUT2D eigenvalue weighted by Crippen LogP contribution is 2.38. The molecule has 0 aliphatic rings. The van der Waals surface area contributed by atoms with Crippen LogP contribution in [0, 0.1) is 13.8 Å². The largest absolute Gasteiger partial charge is 0.438 e. The van der Waals surface area contributed by atoms with Crippen molar-refractivity contribution >= 4 is 0 Å². The summed E-state index contributed by atoms with van der Waals surface area (Å²) in [5.74, 6) is 0.195. The third-order valence-corrected chi connectivity index (χ3v) is 2.74. The van der Waals surface area contributed by atoms with Crippen molar-refractivity contribution in [1.82, 2.24) is 9.97 Å². The van der Waals surface area contributed by atoms with E-state index in [1.807, 2.05) is 0 Å². The van der Waals surface area contributed by atoms with Crippen LogP contribution in [0.2, 0.25) is 0 Å². The molecule has 2 N–H and O–H groups in total. The predicted molar refractivity (Wildman–Crippen MR) is 70.9 cm³/mol. The zero-order valence-electron chi connectivity index (χ0n) is 11.5. The molecule has 1 aromatic carbocycles. The summed E-state index contributed by atoms with van der Waals surface area (Å²) in [5, 5.41) is 0. The number of aryl methyl sites for hydroxylation is 2. The molecular weight excluding hydrogens is 283 g/mol. The molecule has 4 nitrogen and oxygen atoms in total. The first-order valence-electron chi connectivity index (χ1n) is 6.20. The molecule has 0 bridgehead atoms. The molecule has 1 aromatic heterocycles. The van der Waals surface area contributed by atoms with Crippen LogP contribution in [0.15, 0.2) is 24.3 Å². The van der Waals surface area contributed by atoms with Crippen LogP contribution in [-0.2, 0) is 12.7 Å². The number of rotatable bonds is 3. The molecule has 0 saturated carbocycles. The lowest BCUT2D eigenvalue weighted by atomic mass is 10.1. The Bertz CT molecular complexity index is 636. The van der Waals surface area contributed by atoms with Crippen LogP contribution in [0.3, 0.4) is 0 Å². The van der Waals surface area contributed by atoms with Crippen LogP contribution in [-0.4, -0.2) is 9.97 Å². The summed E-state index contributed by atoms with van der Waals surface area (Å²) < 4.78 is 44.5. The number of nitrogens with two attached hydrogens (primary N) is 1. The van der Waals surface area contributed by atoms with Crippen LogP contribution in [0.25, 0.3) is 0 Å². The van der Waals surface area contributed by atoms with Gasteiger partial charge in [-0.25, -0.2) is 4.98 Å². The van der Waals surface area contributed by atoms with E-state index in [2.05, 4.69) is 9.97 Å². The molecule has 2 aromatic rings. The van der Waals surface area contributed by atoms with Crippen molar-refractivity contribution in [2.75, 3.05) is 0 Å². The molecule has 0 fully saturated rings. The minimum absolute atomic E-state index is 0.0229. The topological polar surface area (TPSA) is 61.0 Å². The number of benzene rings is 1. The zero-order valence-corrected chi connectivity index (χ0v) is 11.5. The van der Waals surface area contributed by atoms with Crippen molar-refractivity contribution in [3.8, 4) is 11.6 Å². The van der Waals surface area contributed by atoms with E-state index in [1.54, 1.807) is 13.8 Å². The van der Waals surface area contributed by atoms with Gasteiger partial charge in [0.05, 0.1) is 5.56 Å². The van der Waals surface area contributed by atoms with Crippen molar-refractivity contribution in [1.29, 1.82) is 0 Å². The number of aromatic nitrogens is 2. The lowest BCUT2D eigenvalue weighted by Crippen LogP contribution is -2.09. The maximum Gasteiger partial charge on any atom is 0.419 e. The maximum atomic E-state index is 13.1. The van der Waals surface area contributed by atoms with Gasteiger partial charge in [0, 0.05) is 18.3 Å². The van der Waals surface area contributed by atoms with Crippen LogP contribution >= 0.6 is 0 Å². The van der Waals surface area contributed by atoms with E-state index in [-0.39, 0.29) is 18.2 Å². The molecule has 0 atom stereocenters. The minimum atomic E-state index is -4.53. The molecular formula is C14H14F3N3O. The summed E-state index contributed by atoms with van der Waals surface area (Å²) in [6.45, 7) is 3.38. The lowest BCUT2D eigenvalue weighted by Gasteiger charge is -2.14. The van der Waals surface area contributed by atoms with Crippen LogP contribution in [0.1, 0.15) is 22.6 Å². The molecule has 0 radical (unpaired) electrons. The Morgan fingerprint density at radius 1 is 1.14 bits per heavy atom. The summed E-state index contributed by atoms with van der Waals surface area (Å²) in [4.78, 5) is 8.01. The quantitative estimate of drug-likeness (QED) is 0.943. The Hall–Kier alpha value is -2.15. The average molecular weight is 297 g/mol. The fraction of sp³-hybridized carbons (Fsp3) is 0.286. The molecule has 112 valence electrons. The summed E-state index contributed by atoms with van der Waals surface area (Å²) >= 11 is 0. The van der Waals surface area contributed by atoms with Crippen molar-refractivity contribution in [2.24, 2.45) is 5.73 Å². The fourth-order valence-corrected chi connectivity index (χ4v) is 1.86. The van der Waals surface area contributed by atoms with Gasteiger partial charge < -0.3 is 10.5 Å². The smallest absolute Gasteiger partial charge is 0.419 e. The number of nitrogens with zero attached hydrogens (tertiary/aromatic N) is 2. The van der Waals surface area contributed by atoms with Gasteiger partial charge in [0.2, 0.25) is 5.88 Å². The molecule has 1 heterocycles. The van der Waals surface area contributed by atoms with E-state index in [1.165, 1.54) is 18.2 Å². The second-order valence-electron chi connectivity index (χ2n) is 4.53. The molecule has 0 spiro atoms. The minimum Gasteiger partial charge on any atom is -0.438 e. The van der Waals surface area contributed by atoms with Gasteiger partial charge >= 0.3 is 6.18 Å². The van der Waals surface area contributed by atoms with E-state index in [0.717, 1.165) is 6.07 Å². The van der Waals surface area contributed by atoms with Gasteiger partial charge in [-0.15, -0.1) is 0 Å². The van der Waals surface area contributed by atoms with Crippen molar-refractivity contribution in [3.05, 3.63) is 46.9 Å². The second kappa shape index (κ2) is 5.69. The first-order valence-corrected chi connectivity index (χ1v) is 6.20. The van der Waals surface area contributed by atoms with Gasteiger partial charge in [-0.2, -0.15) is 18.2 Å². The van der Waals surface area contributed by atoms with E-state index >= 15 is 0 Å². The van der Waals surface area contributed by atoms with Crippen molar-refractivity contribution < 1.29 is 17.9 Å². The molecule has 0 saturated heterocycles. The summed E-state index contributed by atoms with van der Waals surface area (Å²) in [5.41, 5.74) is 5.49. The Morgan fingerprint density at radius 2 is 1.86 bits per heavy atom. The Kier molecular flexibility index (Phi) is 4.13. The van der Waals surface area contributed by atoms with Crippen LogP contribution in [0.4, 0.5) is 13.2 Å². The van der Waals surface area contributed by atoms with E-state index in [4.69, 9.17) is 10.5 Å². The molecule has 7 heteroatoms. The second-order valence-corrected chi connectivity index (χ2v) is 4.53. The van der Waals surface area contributed by atoms with Crippen LogP contribution in [0.5, 0.6) is 11.6 Å². The SMILES string of the molecule is Cc1cc(Oc2ccc(CN)cc2C(F)(F)F)nc(C)n1. The van der Waals surface area contributed by atoms with Gasteiger partial charge in [-0.1, -0.05) is 6.07 Å². The molecule has 0 aliphatic heterocycles. The summed E-state index contributed by atoms with van der Waals surface area (Å²) in [6.07, 6.45) is -4.53. The molecule has 0 aliphatic carbocycles. The van der Waals surface area contributed by atoms with E-state index < -0.39 is 11.7 Å². The number of halogens is 3. The number of hydrogen-bond acceptors (Lipinski definition) is 4. The number of ether oxygens (including phenoxy) is 1. The van der Waals surface area contributed by atoms with Gasteiger partial charge in [-0.05, 0) is 31.5 Å². The highest BCUT2D eigenvalue weighted by Gasteiger charge is 2.35. The van der Waals surface area contributed by atoms with Crippen molar-refractivity contribution in [3.63, 3.8) is 0 Å². The van der Waals surface area contributed by atoms with E-state index in [9.17, 15) is 13.2 Å². The van der Waals surface area contributed by atoms with Gasteiger partial charge in [0.25, 0.3) is 0 Å². The van der Waals surface area contributed by atoms with Gasteiger partial charge in [0.1, 0.15) is 11.6 Å². The Labute approximate surface area is 119 Å². The van der Waals surface area contributed by atoms with Crippen molar-refractivity contribution in [2.45, 2.75) is 26.6 Å². The zero-order chi connectivity index (χ0) is 15.6. The number of hydrogen-bond donors (Lipinski definition) is 1. The van der Waals surface area contributed by atoms with Gasteiger partial charge in [0.15, 0.2) is 0 Å². The summed E-state index contributed by atoms with van der Waals surface area (Å²) in [7, 11) is 0. The maximum absolute atomic E-state index is 13.1. The monoisotopic (exact) mass is 297 g/mol. The Morgan fingerprint density at radius 3 is 2.43 bits per heavy atom. The first kappa shape index (κ1) is 15.2. The predicted octanol–water partition coefficient (Wildman–Crippen LogP) is 3.36. The lowest BCUT2D eigenvalue weighted by molar-refractivity contribution is -0.138. The molecule has 2 rings (SSSR count). The molecule has 0 unspecified atom stereocenters. The van der Waals surface area contributed by atoms with E-state index in [0.29, 0.717) is 17.1 Å². The van der Waals surface area contributed by atoms with Gasteiger partial charge in [-0.3, -0.25) is 0 Å². The Balaban J connectivity index is 2.43. The first-order chi connectivity index (χ1) is 9.79. The fourth-order valence-electron chi connectivity index (χ4n) is 1.86. The third kappa shape index (κ3) is 3.69. The number of alkyl halides is 3. The van der Waals surface area contributed by atoms with Crippen LogP contribution < -0.4 is 10.5 Å². The molecule has 0 amide bonds. The highest BCUT2D eigenvalue weighted by atomic mass is 19.4. The average Bonchev–Trinajstić information content (AvgIpc) is 2.36. The summed E-state index contributed by atoms with van der Waals surface area (Å²) in [6, 6.07) is 5.20. The normalized spacial score (nSPS) is 11.5. The standard InChI is InChI=1S/C14H14F3N3O/c1-8-5-13(20-9(2)19-8)21-12-4-3-10(7-18)6-11(12)14(15,16)17/h3-6H,7,18H2,1-2H3. The molecule has 21 heavy (non-hydrogen) atoms.